The van der Waals surface area contributed by atoms with Crippen LogP contribution >= 0.6 is 0 Å². The highest BCUT2D eigenvalue weighted by molar-refractivity contribution is 5.94. The third kappa shape index (κ3) is 5.06. The van der Waals surface area contributed by atoms with Gasteiger partial charge < -0.3 is 14.8 Å². The molecule has 1 N–H and O–H groups in total. The van der Waals surface area contributed by atoms with Gasteiger partial charge in [-0.2, -0.15) is 5.26 Å². The Morgan fingerprint density at radius 2 is 2.30 bits per heavy atom. The standard InChI is InChI=1S/C15H22N2O3/c1-3-20-15(18)14(11-16)12-6-4-7-13(10-12)17-8-5-9-19-2/h10,17H,3-9H2,1-2H3/b14-12+. The molecule has 20 heavy (non-hydrogen) atoms. The molecule has 0 unspecified atom stereocenters. The van der Waals surface area contributed by atoms with Gasteiger partial charge in [0.2, 0.25) is 0 Å². The fourth-order valence-corrected chi connectivity index (χ4v) is 2.08. The lowest BCUT2D eigenvalue weighted by atomic mass is 9.95. The molecule has 0 aromatic heterocycles. The first-order chi connectivity index (χ1) is 9.72. The minimum Gasteiger partial charge on any atom is -0.462 e. The Morgan fingerprint density at radius 1 is 1.50 bits per heavy atom. The molecule has 0 atom stereocenters. The molecule has 1 aliphatic carbocycles. The van der Waals surface area contributed by atoms with Crippen molar-refractivity contribution >= 4 is 5.97 Å². The van der Waals surface area contributed by atoms with Gasteiger partial charge in [-0.05, 0) is 44.3 Å². The van der Waals surface area contributed by atoms with E-state index in [4.69, 9.17) is 14.7 Å². The fourth-order valence-electron chi connectivity index (χ4n) is 2.08. The Balaban J connectivity index is 2.73. The maximum absolute atomic E-state index is 11.7. The molecule has 0 aliphatic heterocycles. The van der Waals surface area contributed by atoms with Crippen LogP contribution in [0.1, 0.15) is 32.6 Å². The molecule has 0 aromatic rings. The molecule has 1 rings (SSSR count). The minimum atomic E-state index is -0.526. The second-order valence-electron chi connectivity index (χ2n) is 4.53. The van der Waals surface area contributed by atoms with Gasteiger partial charge in [-0.25, -0.2) is 4.79 Å². The summed E-state index contributed by atoms with van der Waals surface area (Å²) < 4.78 is 9.90. The number of allylic oxidation sites excluding steroid dienone is 3. The van der Waals surface area contributed by atoms with Crippen LogP contribution < -0.4 is 5.32 Å². The monoisotopic (exact) mass is 278 g/mol. The molecule has 0 fully saturated rings. The van der Waals surface area contributed by atoms with Gasteiger partial charge in [0.1, 0.15) is 11.6 Å². The van der Waals surface area contributed by atoms with Gasteiger partial charge in [-0.15, -0.1) is 0 Å². The van der Waals surface area contributed by atoms with Gasteiger partial charge in [-0.1, -0.05) is 0 Å². The van der Waals surface area contributed by atoms with Crippen LogP contribution in [0.25, 0.3) is 0 Å². The highest BCUT2D eigenvalue weighted by Gasteiger charge is 2.18. The highest BCUT2D eigenvalue weighted by Crippen LogP contribution is 2.24. The summed E-state index contributed by atoms with van der Waals surface area (Å²) >= 11 is 0. The fraction of sp³-hybridized carbons (Fsp3) is 0.600. The predicted octanol–water partition coefficient (Wildman–Crippen LogP) is 2.06. The second kappa shape index (κ2) is 9.16. The Bertz CT molecular complexity index is 433. The minimum absolute atomic E-state index is 0.128. The molecule has 5 nitrogen and oxygen atoms in total. The molecule has 0 saturated carbocycles. The average Bonchev–Trinajstić information content (AvgIpc) is 2.45. The van der Waals surface area contributed by atoms with Crippen molar-refractivity contribution in [3.05, 3.63) is 22.9 Å². The van der Waals surface area contributed by atoms with Crippen molar-refractivity contribution in [1.29, 1.82) is 5.26 Å². The van der Waals surface area contributed by atoms with E-state index in [1.165, 1.54) is 0 Å². The second-order valence-corrected chi connectivity index (χ2v) is 4.53. The first kappa shape index (κ1) is 16.3. The number of carbonyl (C=O) groups is 1. The summed E-state index contributed by atoms with van der Waals surface area (Å²) in [6.07, 6.45) is 5.45. The Kier molecular flexibility index (Phi) is 7.44. The van der Waals surface area contributed by atoms with Gasteiger partial charge in [0, 0.05) is 26.0 Å². The van der Waals surface area contributed by atoms with E-state index in [2.05, 4.69) is 5.32 Å². The molecule has 0 bridgehead atoms. The number of ether oxygens (including phenoxy) is 2. The quantitative estimate of drug-likeness (QED) is 0.334. The number of carbonyl (C=O) groups excluding carboxylic acids is 1. The van der Waals surface area contributed by atoms with Gasteiger partial charge in [-0.3, -0.25) is 0 Å². The zero-order chi connectivity index (χ0) is 14.8. The zero-order valence-corrected chi connectivity index (χ0v) is 12.2. The van der Waals surface area contributed by atoms with Gasteiger partial charge in [0.05, 0.1) is 6.61 Å². The molecule has 0 amide bonds. The first-order valence-electron chi connectivity index (χ1n) is 6.96. The van der Waals surface area contributed by atoms with Crippen LogP contribution in [0.4, 0.5) is 0 Å². The van der Waals surface area contributed by atoms with E-state index in [1.54, 1.807) is 14.0 Å². The van der Waals surface area contributed by atoms with Gasteiger partial charge >= 0.3 is 5.97 Å². The largest absolute Gasteiger partial charge is 0.462 e. The summed E-state index contributed by atoms with van der Waals surface area (Å²) in [5.74, 6) is -0.526. The Labute approximate surface area is 120 Å². The molecule has 0 aromatic carbocycles. The van der Waals surface area contributed by atoms with Crippen LogP contribution in [0, 0.1) is 11.3 Å². The van der Waals surface area contributed by atoms with Crippen LogP contribution in [-0.4, -0.2) is 32.8 Å². The van der Waals surface area contributed by atoms with Crippen LogP contribution in [0.2, 0.25) is 0 Å². The maximum Gasteiger partial charge on any atom is 0.349 e. The number of hydrogen-bond donors (Lipinski definition) is 1. The smallest absolute Gasteiger partial charge is 0.349 e. The van der Waals surface area contributed by atoms with Crippen LogP contribution in [-0.2, 0) is 14.3 Å². The lowest BCUT2D eigenvalue weighted by Crippen LogP contribution is -2.19. The van der Waals surface area contributed by atoms with E-state index in [0.29, 0.717) is 0 Å². The summed E-state index contributed by atoms with van der Waals surface area (Å²) in [5, 5.41) is 12.5. The lowest BCUT2D eigenvalue weighted by Gasteiger charge is -2.18. The van der Waals surface area contributed by atoms with E-state index >= 15 is 0 Å². The topological polar surface area (TPSA) is 71.4 Å². The number of nitrogens with zero attached hydrogens (tertiary/aromatic N) is 1. The van der Waals surface area contributed by atoms with Crippen molar-refractivity contribution < 1.29 is 14.3 Å². The highest BCUT2D eigenvalue weighted by atomic mass is 16.5. The predicted molar refractivity (Wildman–Crippen MR) is 75.7 cm³/mol. The molecule has 110 valence electrons. The lowest BCUT2D eigenvalue weighted by molar-refractivity contribution is -0.138. The van der Waals surface area contributed by atoms with E-state index in [1.807, 2.05) is 12.1 Å². The normalized spacial score (nSPS) is 16.9. The third-order valence-electron chi connectivity index (χ3n) is 3.03. The number of nitriles is 1. The first-order valence-corrected chi connectivity index (χ1v) is 6.96. The molecular weight excluding hydrogens is 256 g/mol. The third-order valence-corrected chi connectivity index (χ3v) is 3.03. The molecule has 1 aliphatic rings. The van der Waals surface area contributed by atoms with Crippen LogP contribution in [0.3, 0.4) is 0 Å². The molecule has 0 saturated heterocycles. The van der Waals surface area contributed by atoms with Crippen LogP contribution in [0.15, 0.2) is 22.9 Å². The van der Waals surface area contributed by atoms with Gasteiger partial charge in [0.25, 0.3) is 0 Å². The van der Waals surface area contributed by atoms with E-state index in [-0.39, 0.29) is 12.2 Å². The maximum atomic E-state index is 11.7. The zero-order valence-electron chi connectivity index (χ0n) is 12.2. The molecule has 0 radical (unpaired) electrons. The summed E-state index contributed by atoms with van der Waals surface area (Å²) in [6.45, 7) is 3.56. The Morgan fingerprint density at radius 3 is 2.95 bits per heavy atom. The van der Waals surface area contributed by atoms with Crippen molar-refractivity contribution in [2.24, 2.45) is 0 Å². The number of nitrogens with one attached hydrogen (secondary N) is 1. The number of esters is 1. The molecule has 5 heteroatoms. The van der Waals surface area contributed by atoms with E-state index in [9.17, 15) is 4.79 Å². The summed E-state index contributed by atoms with van der Waals surface area (Å²) in [6, 6.07) is 1.97. The Hall–Kier alpha value is -1.80. The number of methoxy groups -OCH3 is 1. The molecule has 0 heterocycles. The van der Waals surface area contributed by atoms with Crippen molar-refractivity contribution in [2.75, 3.05) is 26.9 Å². The number of hydrogen-bond acceptors (Lipinski definition) is 5. The summed E-state index contributed by atoms with van der Waals surface area (Å²) in [4.78, 5) is 11.7. The number of rotatable bonds is 7. The molecular formula is C15H22N2O3. The van der Waals surface area contributed by atoms with Crippen molar-refractivity contribution in [1.82, 2.24) is 5.32 Å². The summed E-state index contributed by atoms with van der Waals surface area (Å²) in [5.41, 5.74) is 1.97. The van der Waals surface area contributed by atoms with Gasteiger partial charge in [0.15, 0.2) is 0 Å². The van der Waals surface area contributed by atoms with Crippen molar-refractivity contribution in [3.63, 3.8) is 0 Å². The van der Waals surface area contributed by atoms with Crippen LogP contribution in [0.5, 0.6) is 0 Å². The SMILES string of the molecule is CCOC(=O)/C(C#N)=C1/C=C(NCCCOC)CCC1. The summed E-state index contributed by atoms with van der Waals surface area (Å²) in [7, 11) is 1.68. The van der Waals surface area contributed by atoms with Crippen molar-refractivity contribution in [2.45, 2.75) is 32.6 Å². The molecule has 0 spiro atoms. The van der Waals surface area contributed by atoms with E-state index in [0.717, 1.165) is 50.1 Å². The van der Waals surface area contributed by atoms with E-state index < -0.39 is 5.97 Å². The van der Waals surface area contributed by atoms with Crippen molar-refractivity contribution in [3.8, 4) is 6.07 Å². The average molecular weight is 278 g/mol.